The first-order valence-corrected chi connectivity index (χ1v) is 9.87. The average molecular weight is 396 g/mol. The Labute approximate surface area is 173 Å². The van der Waals surface area contributed by atoms with Gasteiger partial charge in [0, 0.05) is 48.4 Å². The molecule has 2 aromatic carbocycles. The summed E-state index contributed by atoms with van der Waals surface area (Å²) in [6.45, 7) is 3.93. The molecule has 7 heteroatoms. The second-order valence-electron chi connectivity index (χ2n) is 7.29. The number of hydrogen-bond acceptors (Lipinski definition) is 6. The minimum atomic E-state index is 0.170. The normalized spacial score (nSPS) is 14.0. The van der Waals surface area contributed by atoms with Crippen LogP contribution in [0.2, 0.25) is 0 Å². The van der Waals surface area contributed by atoms with Crippen molar-refractivity contribution in [1.29, 1.82) is 5.26 Å². The van der Waals surface area contributed by atoms with E-state index in [0.717, 1.165) is 48.3 Å². The molecule has 0 saturated carbocycles. The lowest BCUT2D eigenvalue weighted by Gasteiger charge is -2.29. The first-order valence-electron chi connectivity index (χ1n) is 9.87. The van der Waals surface area contributed by atoms with Crippen LogP contribution in [0.3, 0.4) is 0 Å². The molecule has 0 bridgehead atoms. The average Bonchev–Trinajstić information content (AvgIpc) is 3.27. The number of phenols is 1. The van der Waals surface area contributed by atoms with Crippen molar-refractivity contribution in [2.75, 3.05) is 31.1 Å². The second kappa shape index (κ2) is 7.50. The number of aromatic amines is 1. The smallest absolute Gasteiger partial charge is 0.156 e. The molecule has 5 rings (SSSR count). The number of phenolic OH excluding ortho intramolecular Hbond substituents is 1. The molecule has 2 aromatic heterocycles. The maximum atomic E-state index is 10.0. The van der Waals surface area contributed by atoms with Crippen molar-refractivity contribution in [1.82, 2.24) is 20.5 Å². The van der Waals surface area contributed by atoms with Gasteiger partial charge in [0.05, 0.1) is 17.5 Å². The summed E-state index contributed by atoms with van der Waals surface area (Å²) in [5.41, 5.74) is 5.37. The van der Waals surface area contributed by atoms with E-state index in [1.807, 2.05) is 0 Å². The van der Waals surface area contributed by atoms with Crippen molar-refractivity contribution >= 4 is 16.7 Å². The summed E-state index contributed by atoms with van der Waals surface area (Å²) in [7, 11) is 0. The van der Waals surface area contributed by atoms with Crippen molar-refractivity contribution in [3.05, 3.63) is 60.3 Å². The van der Waals surface area contributed by atoms with Crippen LogP contribution in [0.15, 0.2) is 54.7 Å². The lowest BCUT2D eigenvalue weighted by molar-refractivity contribution is 0.475. The Morgan fingerprint density at radius 1 is 0.967 bits per heavy atom. The molecule has 0 amide bonds. The molecule has 0 atom stereocenters. The van der Waals surface area contributed by atoms with Crippen molar-refractivity contribution in [3.8, 4) is 34.2 Å². The van der Waals surface area contributed by atoms with Gasteiger partial charge in [-0.05, 0) is 42.0 Å². The van der Waals surface area contributed by atoms with E-state index in [0.29, 0.717) is 16.9 Å². The van der Waals surface area contributed by atoms with Gasteiger partial charge in [0.25, 0.3) is 0 Å². The Morgan fingerprint density at radius 3 is 2.37 bits per heavy atom. The van der Waals surface area contributed by atoms with Crippen LogP contribution in [0, 0.1) is 11.3 Å². The van der Waals surface area contributed by atoms with E-state index in [2.05, 4.69) is 55.7 Å². The summed E-state index contributed by atoms with van der Waals surface area (Å²) in [6, 6.07) is 17.4. The van der Waals surface area contributed by atoms with Gasteiger partial charge in [0.2, 0.25) is 0 Å². The van der Waals surface area contributed by atoms with Gasteiger partial charge >= 0.3 is 0 Å². The number of H-pyrrole nitrogens is 1. The molecule has 3 N–H and O–H groups in total. The van der Waals surface area contributed by atoms with Gasteiger partial charge in [-0.2, -0.15) is 10.4 Å². The number of fused-ring (bicyclic) bond motifs is 1. The van der Waals surface area contributed by atoms with Crippen LogP contribution in [-0.4, -0.2) is 46.5 Å². The van der Waals surface area contributed by atoms with E-state index in [-0.39, 0.29) is 5.75 Å². The molecule has 4 aromatic rings. The largest absolute Gasteiger partial charge is 0.508 e. The van der Waals surface area contributed by atoms with E-state index < -0.39 is 0 Å². The maximum absolute atomic E-state index is 10.0. The molecular weight excluding hydrogens is 376 g/mol. The van der Waals surface area contributed by atoms with E-state index in [9.17, 15) is 10.4 Å². The highest BCUT2D eigenvalue weighted by molar-refractivity contribution is 5.99. The Bertz CT molecular complexity index is 1230. The highest BCUT2D eigenvalue weighted by Gasteiger charge is 2.19. The van der Waals surface area contributed by atoms with Crippen molar-refractivity contribution < 1.29 is 5.11 Å². The van der Waals surface area contributed by atoms with Crippen LogP contribution in [-0.2, 0) is 0 Å². The zero-order valence-electron chi connectivity index (χ0n) is 16.3. The van der Waals surface area contributed by atoms with E-state index >= 15 is 0 Å². The van der Waals surface area contributed by atoms with Gasteiger partial charge in [-0.15, -0.1) is 0 Å². The fourth-order valence-corrected chi connectivity index (χ4v) is 3.97. The van der Waals surface area contributed by atoms with Gasteiger partial charge in [-0.3, -0.25) is 5.10 Å². The van der Waals surface area contributed by atoms with Crippen LogP contribution in [0.5, 0.6) is 5.75 Å². The molecule has 30 heavy (non-hydrogen) atoms. The minimum Gasteiger partial charge on any atom is -0.508 e. The third kappa shape index (κ3) is 3.13. The highest BCUT2D eigenvalue weighted by atomic mass is 16.3. The summed E-state index contributed by atoms with van der Waals surface area (Å²) in [5.74, 6) is 0.170. The molecule has 1 aliphatic heterocycles. The van der Waals surface area contributed by atoms with Crippen molar-refractivity contribution in [2.45, 2.75) is 0 Å². The summed E-state index contributed by atoms with van der Waals surface area (Å²) >= 11 is 0. The SMILES string of the molecule is N#Cc1c(-c2ccc(O)cc2)nc2[nH]ncc2c1-c1ccc(N2CCNCC2)cc1. The van der Waals surface area contributed by atoms with E-state index in [4.69, 9.17) is 0 Å². The molecule has 1 aliphatic rings. The Hall–Kier alpha value is -3.89. The number of nitrogens with one attached hydrogen (secondary N) is 2. The number of nitriles is 1. The minimum absolute atomic E-state index is 0.170. The van der Waals surface area contributed by atoms with Gasteiger partial charge < -0.3 is 15.3 Å². The molecule has 7 nitrogen and oxygen atoms in total. The Kier molecular flexibility index (Phi) is 4.54. The first-order chi connectivity index (χ1) is 14.7. The fourth-order valence-electron chi connectivity index (χ4n) is 3.97. The topological polar surface area (TPSA) is 101 Å². The molecule has 1 saturated heterocycles. The number of aromatic nitrogens is 3. The number of aromatic hydroxyl groups is 1. The van der Waals surface area contributed by atoms with Gasteiger partial charge in [0.1, 0.15) is 11.8 Å². The van der Waals surface area contributed by atoms with Gasteiger partial charge in [-0.1, -0.05) is 12.1 Å². The third-order valence-corrected chi connectivity index (χ3v) is 5.49. The molecule has 148 valence electrons. The second-order valence-corrected chi connectivity index (χ2v) is 7.29. The van der Waals surface area contributed by atoms with Crippen LogP contribution in [0.4, 0.5) is 5.69 Å². The highest BCUT2D eigenvalue weighted by Crippen LogP contribution is 2.37. The summed E-state index contributed by atoms with van der Waals surface area (Å²) in [5, 5.41) is 30.9. The summed E-state index contributed by atoms with van der Waals surface area (Å²) < 4.78 is 0. The van der Waals surface area contributed by atoms with E-state index in [1.165, 1.54) is 5.69 Å². The lowest BCUT2D eigenvalue weighted by atomic mass is 9.94. The standard InChI is InChI=1S/C23H20N6O/c24-13-19-21(15-1-5-17(6-2-15)29-11-9-25-10-12-29)20-14-26-28-23(20)27-22(19)16-3-7-18(30)8-4-16/h1-8,14,25,30H,9-12H2,(H,26,27,28). The van der Waals surface area contributed by atoms with Crippen LogP contribution < -0.4 is 10.2 Å². The summed E-state index contributed by atoms with van der Waals surface area (Å²) in [6.07, 6.45) is 1.71. The van der Waals surface area contributed by atoms with Crippen molar-refractivity contribution in [3.63, 3.8) is 0 Å². The molecule has 3 heterocycles. The number of rotatable bonds is 3. The predicted molar refractivity (Wildman–Crippen MR) is 116 cm³/mol. The first kappa shape index (κ1) is 18.2. The number of anilines is 1. The number of piperazine rings is 1. The number of benzene rings is 2. The zero-order chi connectivity index (χ0) is 20.5. The lowest BCUT2D eigenvalue weighted by Crippen LogP contribution is -2.43. The number of nitrogens with zero attached hydrogens (tertiary/aromatic N) is 4. The van der Waals surface area contributed by atoms with Crippen LogP contribution in [0.25, 0.3) is 33.4 Å². The van der Waals surface area contributed by atoms with Crippen LogP contribution >= 0.6 is 0 Å². The Balaban J connectivity index is 1.65. The van der Waals surface area contributed by atoms with Gasteiger partial charge in [0.15, 0.2) is 5.65 Å². The number of pyridine rings is 1. The quantitative estimate of drug-likeness (QED) is 0.491. The number of hydrogen-bond donors (Lipinski definition) is 3. The molecule has 0 spiro atoms. The molecular formula is C23H20N6O. The molecule has 0 unspecified atom stereocenters. The molecule has 0 radical (unpaired) electrons. The summed E-state index contributed by atoms with van der Waals surface area (Å²) in [4.78, 5) is 7.00. The maximum Gasteiger partial charge on any atom is 0.156 e. The van der Waals surface area contributed by atoms with Crippen molar-refractivity contribution in [2.24, 2.45) is 0 Å². The Morgan fingerprint density at radius 2 is 1.67 bits per heavy atom. The monoisotopic (exact) mass is 396 g/mol. The van der Waals surface area contributed by atoms with Gasteiger partial charge in [-0.25, -0.2) is 4.98 Å². The fraction of sp³-hybridized carbons (Fsp3) is 0.174. The third-order valence-electron chi connectivity index (χ3n) is 5.49. The molecule has 0 aliphatic carbocycles. The molecule has 1 fully saturated rings. The van der Waals surface area contributed by atoms with Crippen LogP contribution in [0.1, 0.15) is 5.56 Å². The zero-order valence-corrected chi connectivity index (χ0v) is 16.3. The van der Waals surface area contributed by atoms with E-state index in [1.54, 1.807) is 30.5 Å². The predicted octanol–water partition coefficient (Wildman–Crippen LogP) is 3.28.